The van der Waals surface area contributed by atoms with Crippen LogP contribution in [-0.2, 0) is 9.59 Å². The van der Waals surface area contributed by atoms with Gasteiger partial charge in [0.25, 0.3) is 5.91 Å². The number of benzene rings is 1. The fourth-order valence-corrected chi connectivity index (χ4v) is 1.40. The maximum atomic E-state index is 13.0. The van der Waals surface area contributed by atoms with Gasteiger partial charge in [-0.25, -0.2) is 4.39 Å². The minimum Gasteiger partial charge on any atom is -0.480 e. The molecule has 2 amide bonds. The Labute approximate surface area is 115 Å². The summed E-state index contributed by atoms with van der Waals surface area (Å²) in [6, 6.07) is 2.79. The molecule has 0 aliphatic heterocycles. The Morgan fingerprint density at radius 3 is 2.55 bits per heavy atom. The van der Waals surface area contributed by atoms with Crippen molar-refractivity contribution >= 4 is 17.8 Å². The van der Waals surface area contributed by atoms with Gasteiger partial charge in [-0.3, -0.25) is 14.4 Å². The van der Waals surface area contributed by atoms with Crippen molar-refractivity contribution in [3.8, 4) is 0 Å². The standard InChI is InChI=1S/C13H15FN2O4/c1-7-5-9(3-4-10(7)14)12(18)15-6-11(17)16-8(2)13(19)20/h3-5,8H,6H2,1-2H3,(H,15,18)(H,16,17)(H,19,20)/t8-/m0/s1. The number of amides is 2. The minimum atomic E-state index is -1.17. The van der Waals surface area contributed by atoms with Gasteiger partial charge in [0, 0.05) is 5.56 Å². The zero-order valence-electron chi connectivity index (χ0n) is 11.1. The van der Waals surface area contributed by atoms with Crippen LogP contribution in [0, 0.1) is 12.7 Å². The summed E-state index contributed by atoms with van der Waals surface area (Å²) in [6.45, 7) is 2.48. The lowest BCUT2D eigenvalue weighted by Gasteiger charge is -2.10. The van der Waals surface area contributed by atoms with E-state index in [1.165, 1.54) is 26.0 Å². The maximum Gasteiger partial charge on any atom is 0.325 e. The first kappa shape index (κ1) is 15.6. The van der Waals surface area contributed by atoms with E-state index in [4.69, 9.17) is 5.11 Å². The first-order valence-corrected chi connectivity index (χ1v) is 5.87. The zero-order valence-corrected chi connectivity index (χ0v) is 11.1. The number of hydrogen-bond donors (Lipinski definition) is 3. The van der Waals surface area contributed by atoms with Crippen LogP contribution < -0.4 is 10.6 Å². The second-order valence-electron chi connectivity index (χ2n) is 4.27. The fourth-order valence-electron chi connectivity index (χ4n) is 1.40. The van der Waals surface area contributed by atoms with E-state index in [1.54, 1.807) is 0 Å². The van der Waals surface area contributed by atoms with Gasteiger partial charge in [0.15, 0.2) is 0 Å². The second kappa shape index (κ2) is 6.65. The monoisotopic (exact) mass is 282 g/mol. The molecule has 0 bridgehead atoms. The minimum absolute atomic E-state index is 0.225. The second-order valence-corrected chi connectivity index (χ2v) is 4.27. The largest absolute Gasteiger partial charge is 0.480 e. The molecule has 0 aliphatic carbocycles. The Morgan fingerprint density at radius 1 is 1.35 bits per heavy atom. The van der Waals surface area contributed by atoms with Crippen LogP contribution in [0.2, 0.25) is 0 Å². The van der Waals surface area contributed by atoms with Crippen LogP contribution in [0.1, 0.15) is 22.8 Å². The third kappa shape index (κ3) is 4.34. The summed E-state index contributed by atoms with van der Waals surface area (Å²) in [4.78, 5) is 33.6. The van der Waals surface area contributed by atoms with Gasteiger partial charge in [-0.15, -0.1) is 0 Å². The normalized spacial score (nSPS) is 11.6. The molecule has 1 rings (SSSR count). The quantitative estimate of drug-likeness (QED) is 0.730. The van der Waals surface area contributed by atoms with Crippen molar-refractivity contribution in [2.45, 2.75) is 19.9 Å². The summed E-state index contributed by atoms with van der Waals surface area (Å²) in [5, 5.41) is 13.1. The van der Waals surface area contributed by atoms with Gasteiger partial charge in [0.05, 0.1) is 6.54 Å². The summed E-state index contributed by atoms with van der Waals surface area (Å²) in [7, 11) is 0. The Balaban J connectivity index is 2.53. The predicted octanol–water partition coefficient (Wildman–Crippen LogP) is 0.453. The maximum absolute atomic E-state index is 13.0. The van der Waals surface area contributed by atoms with Crippen LogP contribution in [0.25, 0.3) is 0 Å². The molecule has 3 N–H and O–H groups in total. The molecule has 108 valence electrons. The molecule has 1 atom stereocenters. The SMILES string of the molecule is Cc1cc(C(=O)NCC(=O)N[C@@H](C)C(=O)O)ccc1F. The molecule has 0 spiro atoms. The van der Waals surface area contributed by atoms with Gasteiger partial charge in [-0.1, -0.05) is 0 Å². The van der Waals surface area contributed by atoms with Crippen molar-refractivity contribution in [3.63, 3.8) is 0 Å². The van der Waals surface area contributed by atoms with E-state index in [1.807, 2.05) is 0 Å². The molecular weight excluding hydrogens is 267 g/mol. The van der Waals surface area contributed by atoms with Gasteiger partial charge in [-0.2, -0.15) is 0 Å². The van der Waals surface area contributed by atoms with Gasteiger partial charge in [-0.05, 0) is 37.6 Å². The van der Waals surface area contributed by atoms with Crippen LogP contribution in [-0.4, -0.2) is 35.5 Å². The third-order valence-corrected chi connectivity index (χ3v) is 2.58. The number of hydrogen-bond acceptors (Lipinski definition) is 3. The first-order chi connectivity index (χ1) is 9.31. The number of rotatable bonds is 5. The number of nitrogens with one attached hydrogen (secondary N) is 2. The lowest BCUT2D eigenvalue weighted by Crippen LogP contribution is -2.44. The van der Waals surface area contributed by atoms with E-state index >= 15 is 0 Å². The number of carboxylic acid groups (broad SMARTS) is 1. The van der Waals surface area contributed by atoms with E-state index in [2.05, 4.69) is 10.6 Å². The lowest BCUT2D eigenvalue weighted by molar-refractivity contribution is -0.141. The summed E-state index contributed by atoms with van der Waals surface area (Å²) in [5.41, 5.74) is 0.546. The molecule has 0 aromatic heterocycles. The van der Waals surface area contributed by atoms with Gasteiger partial charge < -0.3 is 15.7 Å². The molecule has 0 saturated carbocycles. The molecule has 0 fully saturated rings. The van der Waals surface area contributed by atoms with Crippen molar-refractivity contribution in [1.82, 2.24) is 10.6 Å². The highest BCUT2D eigenvalue weighted by Gasteiger charge is 2.15. The molecule has 1 aromatic carbocycles. The van der Waals surface area contributed by atoms with Crippen LogP contribution in [0.15, 0.2) is 18.2 Å². The Kier molecular flexibility index (Phi) is 5.19. The fraction of sp³-hybridized carbons (Fsp3) is 0.308. The highest BCUT2D eigenvalue weighted by molar-refractivity contribution is 5.97. The van der Waals surface area contributed by atoms with E-state index in [0.29, 0.717) is 5.56 Å². The smallest absolute Gasteiger partial charge is 0.325 e. The molecule has 0 heterocycles. The Morgan fingerprint density at radius 2 is 2.00 bits per heavy atom. The van der Waals surface area contributed by atoms with E-state index in [9.17, 15) is 18.8 Å². The number of carbonyl (C=O) groups excluding carboxylic acids is 2. The molecule has 0 unspecified atom stereocenters. The highest BCUT2D eigenvalue weighted by atomic mass is 19.1. The van der Waals surface area contributed by atoms with Crippen LogP contribution in [0.5, 0.6) is 0 Å². The van der Waals surface area contributed by atoms with E-state index < -0.39 is 29.6 Å². The van der Waals surface area contributed by atoms with Crippen molar-refractivity contribution in [3.05, 3.63) is 35.1 Å². The average Bonchev–Trinajstić information content (AvgIpc) is 2.39. The van der Waals surface area contributed by atoms with Crippen molar-refractivity contribution in [2.75, 3.05) is 6.54 Å². The molecule has 0 radical (unpaired) electrons. The number of carboxylic acids is 1. The summed E-state index contributed by atoms with van der Waals surface area (Å²) >= 11 is 0. The number of carbonyl (C=O) groups is 3. The molecule has 20 heavy (non-hydrogen) atoms. The topological polar surface area (TPSA) is 95.5 Å². The third-order valence-electron chi connectivity index (χ3n) is 2.58. The highest BCUT2D eigenvalue weighted by Crippen LogP contribution is 2.08. The molecule has 1 aromatic rings. The molecular formula is C13H15FN2O4. The van der Waals surface area contributed by atoms with E-state index in [-0.39, 0.29) is 12.1 Å². The van der Waals surface area contributed by atoms with Gasteiger partial charge in [0.1, 0.15) is 11.9 Å². The summed E-state index contributed by atoms with van der Waals surface area (Å²) in [6.07, 6.45) is 0. The Hall–Kier alpha value is -2.44. The first-order valence-electron chi connectivity index (χ1n) is 5.87. The number of aryl methyl sites for hydroxylation is 1. The summed E-state index contributed by atoms with van der Waals surface area (Å²) < 4.78 is 13.0. The summed E-state index contributed by atoms with van der Waals surface area (Å²) in [5.74, 6) is -2.74. The predicted molar refractivity (Wildman–Crippen MR) is 68.7 cm³/mol. The zero-order chi connectivity index (χ0) is 15.3. The molecule has 0 aliphatic rings. The number of aliphatic carboxylic acids is 1. The number of halogens is 1. The van der Waals surface area contributed by atoms with E-state index in [0.717, 1.165) is 6.07 Å². The van der Waals surface area contributed by atoms with Gasteiger partial charge >= 0.3 is 5.97 Å². The van der Waals surface area contributed by atoms with Crippen molar-refractivity contribution in [2.24, 2.45) is 0 Å². The van der Waals surface area contributed by atoms with Gasteiger partial charge in [0.2, 0.25) is 5.91 Å². The van der Waals surface area contributed by atoms with Crippen LogP contribution in [0.4, 0.5) is 4.39 Å². The van der Waals surface area contributed by atoms with Crippen LogP contribution >= 0.6 is 0 Å². The molecule has 0 saturated heterocycles. The van der Waals surface area contributed by atoms with Crippen molar-refractivity contribution < 1.29 is 23.9 Å². The lowest BCUT2D eigenvalue weighted by atomic mass is 10.1. The molecule has 7 heteroatoms. The molecule has 6 nitrogen and oxygen atoms in total. The van der Waals surface area contributed by atoms with Crippen LogP contribution in [0.3, 0.4) is 0 Å². The Bertz CT molecular complexity index is 545. The van der Waals surface area contributed by atoms with Crippen molar-refractivity contribution in [1.29, 1.82) is 0 Å². The average molecular weight is 282 g/mol.